The summed E-state index contributed by atoms with van der Waals surface area (Å²) in [5.74, 6) is 0.239. The Kier molecular flexibility index (Phi) is 5.64. The molecule has 1 heterocycles. The lowest BCUT2D eigenvalue weighted by Gasteiger charge is -2.25. The highest BCUT2D eigenvalue weighted by Gasteiger charge is 2.19. The number of thioether (sulfide) groups is 1. The van der Waals surface area contributed by atoms with Gasteiger partial charge in [-0.15, -0.1) is 11.8 Å². The molecule has 0 fully saturated rings. The zero-order chi connectivity index (χ0) is 18.7. The van der Waals surface area contributed by atoms with Crippen molar-refractivity contribution in [2.24, 2.45) is 0 Å². The summed E-state index contributed by atoms with van der Waals surface area (Å²) in [4.78, 5) is 27.2. The quantitative estimate of drug-likeness (QED) is 0.850. The SMILES string of the molecule is Cc1ccc([C@H](CNC(=O)c2ccc3c(c2)NC(=O)CS3)N(C)C)cc1. The van der Waals surface area contributed by atoms with Crippen LogP contribution in [0.4, 0.5) is 5.69 Å². The highest BCUT2D eigenvalue weighted by molar-refractivity contribution is 8.00. The van der Waals surface area contributed by atoms with E-state index in [1.807, 2.05) is 20.2 Å². The summed E-state index contributed by atoms with van der Waals surface area (Å²) >= 11 is 1.49. The van der Waals surface area contributed by atoms with Crippen molar-refractivity contribution in [2.75, 3.05) is 31.7 Å². The molecule has 1 aliphatic rings. The van der Waals surface area contributed by atoms with Crippen molar-refractivity contribution in [3.8, 4) is 0 Å². The van der Waals surface area contributed by atoms with E-state index in [4.69, 9.17) is 0 Å². The first-order valence-electron chi connectivity index (χ1n) is 8.52. The predicted molar refractivity (Wildman–Crippen MR) is 106 cm³/mol. The lowest BCUT2D eigenvalue weighted by atomic mass is 10.0. The van der Waals surface area contributed by atoms with Gasteiger partial charge in [-0.05, 0) is 44.8 Å². The fourth-order valence-corrected chi connectivity index (χ4v) is 3.69. The van der Waals surface area contributed by atoms with Gasteiger partial charge in [0, 0.05) is 17.0 Å². The number of carbonyl (C=O) groups excluding carboxylic acids is 2. The molecule has 2 N–H and O–H groups in total. The molecule has 26 heavy (non-hydrogen) atoms. The van der Waals surface area contributed by atoms with E-state index < -0.39 is 0 Å². The highest BCUT2D eigenvalue weighted by Crippen LogP contribution is 2.32. The molecule has 2 aromatic rings. The number of nitrogens with zero attached hydrogens (tertiary/aromatic N) is 1. The van der Waals surface area contributed by atoms with Gasteiger partial charge in [-0.2, -0.15) is 0 Å². The van der Waals surface area contributed by atoms with Crippen LogP contribution in [0.1, 0.15) is 27.5 Å². The second-order valence-electron chi connectivity index (χ2n) is 6.65. The molecule has 0 unspecified atom stereocenters. The molecule has 1 atom stereocenters. The number of benzene rings is 2. The van der Waals surface area contributed by atoms with Crippen LogP contribution in [0.15, 0.2) is 47.4 Å². The van der Waals surface area contributed by atoms with Gasteiger partial charge in [-0.1, -0.05) is 29.8 Å². The smallest absolute Gasteiger partial charge is 0.251 e. The first-order valence-corrected chi connectivity index (χ1v) is 9.50. The Morgan fingerprint density at radius 1 is 1.23 bits per heavy atom. The molecule has 0 saturated carbocycles. The number of aryl methyl sites for hydroxylation is 1. The first kappa shape index (κ1) is 18.5. The van der Waals surface area contributed by atoms with E-state index in [1.54, 1.807) is 12.1 Å². The number of amides is 2. The van der Waals surface area contributed by atoms with Gasteiger partial charge in [0.1, 0.15) is 0 Å². The fraction of sp³-hybridized carbons (Fsp3) is 0.300. The average molecular weight is 369 g/mol. The molecular formula is C20H23N3O2S. The number of anilines is 1. The van der Waals surface area contributed by atoms with Gasteiger partial charge in [0.05, 0.1) is 17.5 Å². The Morgan fingerprint density at radius 3 is 2.65 bits per heavy atom. The Labute approximate surface area is 158 Å². The van der Waals surface area contributed by atoms with Crippen molar-refractivity contribution in [1.82, 2.24) is 10.2 Å². The molecule has 0 aliphatic carbocycles. The number of fused-ring (bicyclic) bond motifs is 1. The third-order valence-electron chi connectivity index (χ3n) is 4.42. The van der Waals surface area contributed by atoms with Gasteiger partial charge in [0.2, 0.25) is 5.91 Å². The topological polar surface area (TPSA) is 61.4 Å². The molecule has 6 heteroatoms. The standard InChI is InChI=1S/C20H23N3O2S/c1-13-4-6-14(7-5-13)17(23(2)3)11-21-20(25)15-8-9-18-16(10-15)22-19(24)12-26-18/h4-10,17H,11-12H2,1-3H3,(H,21,25)(H,22,24)/t17-/m0/s1. The van der Waals surface area contributed by atoms with Gasteiger partial charge >= 0.3 is 0 Å². The van der Waals surface area contributed by atoms with Crippen LogP contribution in [-0.2, 0) is 4.79 Å². The molecule has 2 amide bonds. The van der Waals surface area contributed by atoms with E-state index in [2.05, 4.69) is 46.7 Å². The molecule has 1 aliphatic heterocycles. The van der Waals surface area contributed by atoms with Crippen LogP contribution in [-0.4, -0.2) is 43.1 Å². The summed E-state index contributed by atoms with van der Waals surface area (Å²) < 4.78 is 0. The summed E-state index contributed by atoms with van der Waals surface area (Å²) in [6, 6.07) is 13.9. The van der Waals surface area contributed by atoms with Gasteiger partial charge in [-0.3, -0.25) is 9.59 Å². The number of nitrogens with one attached hydrogen (secondary N) is 2. The Bertz CT molecular complexity index is 818. The van der Waals surface area contributed by atoms with Crippen LogP contribution in [0.25, 0.3) is 0 Å². The Morgan fingerprint density at radius 2 is 1.96 bits per heavy atom. The number of carbonyl (C=O) groups is 2. The maximum absolute atomic E-state index is 12.6. The largest absolute Gasteiger partial charge is 0.350 e. The van der Waals surface area contributed by atoms with E-state index in [-0.39, 0.29) is 17.9 Å². The first-order chi connectivity index (χ1) is 12.4. The Balaban J connectivity index is 1.70. The average Bonchev–Trinajstić information content (AvgIpc) is 2.62. The van der Waals surface area contributed by atoms with E-state index >= 15 is 0 Å². The van der Waals surface area contributed by atoms with Crippen LogP contribution in [0.3, 0.4) is 0 Å². The van der Waals surface area contributed by atoms with Gasteiger partial charge in [0.15, 0.2) is 0 Å². The minimum atomic E-state index is -0.142. The molecule has 136 valence electrons. The Hall–Kier alpha value is -2.31. The minimum Gasteiger partial charge on any atom is -0.350 e. The van der Waals surface area contributed by atoms with E-state index in [0.29, 0.717) is 23.5 Å². The molecule has 0 saturated heterocycles. The zero-order valence-electron chi connectivity index (χ0n) is 15.2. The maximum atomic E-state index is 12.6. The van der Waals surface area contributed by atoms with Gasteiger partial charge in [0.25, 0.3) is 5.91 Å². The van der Waals surface area contributed by atoms with Crippen LogP contribution < -0.4 is 10.6 Å². The molecular weight excluding hydrogens is 346 g/mol. The van der Waals surface area contributed by atoms with Gasteiger partial charge in [-0.25, -0.2) is 0 Å². The molecule has 0 spiro atoms. The molecule has 2 aromatic carbocycles. The van der Waals surface area contributed by atoms with Crippen LogP contribution in [0.5, 0.6) is 0 Å². The lowest BCUT2D eigenvalue weighted by Crippen LogP contribution is -2.34. The molecule has 0 aromatic heterocycles. The third-order valence-corrected chi connectivity index (χ3v) is 5.49. The molecule has 5 nitrogen and oxygen atoms in total. The minimum absolute atomic E-state index is 0.0351. The van der Waals surface area contributed by atoms with Crippen molar-refractivity contribution in [3.63, 3.8) is 0 Å². The van der Waals surface area contributed by atoms with E-state index in [0.717, 1.165) is 10.5 Å². The van der Waals surface area contributed by atoms with Crippen LogP contribution >= 0.6 is 11.8 Å². The third kappa shape index (κ3) is 4.26. The number of likely N-dealkylation sites (N-methyl/N-ethyl adjacent to an activating group) is 1. The maximum Gasteiger partial charge on any atom is 0.251 e. The second-order valence-corrected chi connectivity index (χ2v) is 7.67. The fourth-order valence-electron chi connectivity index (χ4n) is 2.90. The van der Waals surface area contributed by atoms with Crippen molar-refractivity contribution in [2.45, 2.75) is 17.9 Å². The summed E-state index contributed by atoms with van der Waals surface area (Å²) in [5, 5.41) is 5.83. The van der Waals surface area contributed by atoms with Crippen molar-refractivity contribution in [1.29, 1.82) is 0 Å². The van der Waals surface area contributed by atoms with Crippen molar-refractivity contribution < 1.29 is 9.59 Å². The number of hydrogen-bond donors (Lipinski definition) is 2. The molecule has 0 bridgehead atoms. The molecule has 3 rings (SSSR count). The van der Waals surface area contributed by atoms with Crippen LogP contribution in [0, 0.1) is 6.92 Å². The normalized spacial score (nSPS) is 14.5. The lowest BCUT2D eigenvalue weighted by molar-refractivity contribution is -0.113. The second kappa shape index (κ2) is 7.93. The summed E-state index contributed by atoms with van der Waals surface area (Å²) in [5.41, 5.74) is 3.63. The van der Waals surface area contributed by atoms with Gasteiger partial charge < -0.3 is 15.5 Å². The summed E-state index contributed by atoms with van der Waals surface area (Å²) in [7, 11) is 4.00. The van der Waals surface area contributed by atoms with Crippen molar-refractivity contribution in [3.05, 3.63) is 59.2 Å². The monoisotopic (exact) mass is 369 g/mol. The zero-order valence-corrected chi connectivity index (χ0v) is 16.0. The predicted octanol–water partition coefficient (Wildman–Crippen LogP) is 3.07. The summed E-state index contributed by atoms with van der Waals surface area (Å²) in [6.45, 7) is 2.57. The van der Waals surface area contributed by atoms with Crippen molar-refractivity contribution >= 4 is 29.3 Å². The van der Waals surface area contributed by atoms with E-state index in [1.165, 1.54) is 17.3 Å². The number of hydrogen-bond acceptors (Lipinski definition) is 4. The number of rotatable bonds is 5. The highest BCUT2D eigenvalue weighted by atomic mass is 32.2. The summed E-state index contributed by atoms with van der Waals surface area (Å²) in [6.07, 6.45) is 0. The molecule has 0 radical (unpaired) electrons. The van der Waals surface area contributed by atoms with E-state index in [9.17, 15) is 9.59 Å². The van der Waals surface area contributed by atoms with Crippen LogP contribution in [0.2, 0.25) is 0 Å².